The van der Waals surface area contributed by atoms with Gasteiger partial charge >= 0.3 is 11.9 Å². The molecule has 13 nitrogen and oxygen atoms in total. The summed E-state index contributed by atoms with van der Waals surface area (Å²) in [5, 5.41) is 21.2. The number of anilines is 1. The van der Waals surface area contributed by atoms with Crippen LogP contribution in [-0.4, -0.2) is 81.9 Å². The number of halogens is 1. The molecule has 0 spiro atoms. The Morgan fingerprint density at radius 3 is 1.72 bits per heavy atom. The van der Waals surface area contributed by atoms with Crippen molar-refractivity contribution in [2.24, 2.45) is 5.16 Å². The van der Waals surface area contributed by atoms with Gasteiger partial charge < -0.3 is 25.3 Å². The number of hydrogen-bond acceptors (Lipinski definition) is 11. The Hall–Kier alpha value is -6.75. The summed E-state index contributed by atoms with van der Waals surface area (Å²) in [6, 6.07) is 46.8. The number of rotatable bonds is 16. The molecule has 0 radical (unpaired) electrons. The third-order valence-corrected chi connectivity index (χ3v) is 15.2. The van der Waals surface area contributed by atoms with Gasteiger partial charge in [-0.3, -0.25) is 18.7 Å². The molecule has 4 atom stereocenters. The summed E-state index contributed by atoms with van der Waals surface area (Å²) in [6.45, 7) is 8.01. The first-order valence-corrected chi connectivity index (χ1v) is 25.4. The van der Waals surface area contributed by atoms with Gasteiger partial charge in [0.25, 0.3) is 11.8 Å². The van der Waals surface area contributed by atoms with Crippen molar-refractivity contribution in [2.75, 3.05) is 10.6 Å². The standard InChI is InChI=1S/C53H50BrN5O8S2/c1-51(2,3)66-49(64)52(4,5)67-58-41(39-32-68-50(55-39)57-53(35-25-15-8-16-26-35,36-27-17-9-18-28-36)37-29-19-10-20-30-37)45(60)56-42-46(61)59-43(48(62)63)38(31-54)44(69(65)47(42)59)40(33-21-11-6-12-22-33)34-23-13-7-14-24-34/h6-30,32,40,42,44,47H,31H2,1-5H3,(H,55,57)(H,56,60)(H,62,63)/b58-41-/t42-,44?,47-,69+/m1/s1. The molecule has 69 heavy (non-hydrogen) atoms. The van der Waals surface area contributed by atoms with Crippen LogP contribution >= 0.6 is 27.3 Å². The van der Waals surface area contributed by atoms with Crippen LogP contribution < -0.4 is 10.6 Å². The number of aliphatic carboxylic acids is 1. The number of benzene rings is 5. The fraction of sp³-hybridized carbons (Fsp3) is 0.245. The molecule has 354 valence electrons. The monoisotopic (exact) mass is 1030 g/mol. The molecule has 0 aliphatic carbocycles. The average Bonchev–Trinajstić information content (AvgIpc) is 3.81. The van der Waals surface area contributed by atoms with Crippen LogP contribution in [0.3, 0.4) is 0 Å². The van der Waals surface area contributed by atoms with E-state index in [-0.39, 0.29) is 22.3 Å². The van der Waals surface area contributed by atoms with Gasteiger partial charge in [0.2, 0.25) is 5.60 Å². The number of fused-ring (bicyclic) bond motifs is 1. The molecule has 1 aromatic heterocycles. The fourth-order valence-corrected chi connectivity index (χ4v) is 12.4. The Morgan fingerprint density at radius 2 is 1.28 bits per heavy atom. The second-order valence-electron chi connectivity index (χ2n) is 18.0. The van der Waals surface area contributed by atoms with Crippen LogP contribution in [0.2, 0.25) is 0 Å². The van der Waals surface area contributed by atoms with Crippen molar-refractivity contribution in [2.45, 2.75) is 73.9 Å². The Kier molecular flexibility index (Phi) is 14.2. The minimum atomic E-state index is -2.00. The van der Waals surface area contributed by atoms with Crippen LogP contribution in [0, 0.1) is 0 Å². The number of carboxylic acids is 1. The van der Waals surface area contributed by atoms with Gasteiger partial charge in [0, 0.05) is 16.6 Å². The van der Waals surface area contributed by atoms with Crippen molar-refractivity contribution in [3.63, 3.8) is 0 Å². The Bertz CT molecular complexity index is 2790. The molecule has 8 rings (SSSR count). The van der Waals surface area contributed by atoms with Gasteiger partial charge in [-0.25, -0.2) is 14.6 Å². The topological polar surface area (TPSA) is 177 Å². The molecule has 1 saturated heterocycles. The van der Waals surface area contributed by atoms with Gasteiger partial charge in [0.15, 0.2) is 10.8 Å². The zero-order valence-electron chi connectivity index (χ0n) is 38.4. The summed E-state index contributed by atoms with van der Waals surface area (Å²) in [5.41, 5.74) is 0.283. The lowest BCUT2D eigenvalue weighted by molar-refractivity contribution is -0.179. The predicted octanol–water partition coefficient (Wildman–Crippen LogP) is 8.74. The number of oxime groups is 1. The van der Waals surface area contributed by atoms with E-state index in [1.54, 1.807) is 26.2 Å². The number of nitrogens with zero attached hydrogens (tertiary/aromatic N) is 3. The van der Waals surface area contributed by atoms with E-state index >= 15 is 4.21 Å². The van der Waals surface area contributed by atoms with Crippen molar-refractivity contribution < 1.29 is 38.1 Å². The number of alkyl halides is 1. The molecule has 2 aliphatic heterocycles. The zero-order valence-corrected chi connectivity index (χ0v) is 41.6. The maximum atomic E-state index is 15.2. The van der Waals surface area contributed by atoms with Gasteiger partial charge in [-0.05, 0) is 68.0 Å². The lowest BCUT2D eigenvalue weighted by atomic mass is 9.77. The number of hydrogen-bond donors (Lipinski definition) is 3. The SMILES string of the molecule is CC(C)(C)OC(=O)C(C)(C)O/N=C(\C(=O)N[C@@H]1C(=O)N2C(C(=O)O)=C(CBr)C(C(c3ccccc3)c3ccccc3)[S@](=O)[C@H]12)c1csc(NC(c2ccccc2)(c2ccccc2)c2ccccc2)n1. The summed E-state index contributed by atoms with van der Waals surface area (Å²) < 4.78 is 20.8. The molecule has 0 saturated carbocycles. The number of esters is 1. The van der Waals surface area contributed by atoms with Crippen molar-refractivity contribution >= 4 is 72.7 Å². The normalized spacial score (nSPS) is 18.5. The Balaban J connectivity index is 1.19. The van der Waals surface area contributed by atoms with E-state index in [9.17, 15) is 24.3 Å². The molecule has 2 amide bonds. The molecule has 0 bridgehead atoms. The number of carbonyl (C=O) groups excluding carboxylic acids is 3. The fourth-order valence-electron chi connectivity index (χ4n) is 8.62. The molecular weight excluding hydrogens is 979 g/mol. The van der Waals surface area contributed by atoms with Crippen LogP contribution in [0.1, 0.15) is 74.0 Å². The smallest absolute Gasteiger partial charge is 0.353 e. The molecule has 6 aromatic rings. The molecule has 1 unspecified atom stereocenters. The number of nitrogens with one attached hydrogen (secondary N) is 2. The lowest BCUT2D eigenvalue weighted by Crippen LogP contribution is -2.75. The molecule has 3 N–H and O–H groups in total. The summed E-state index contributed by atoms with van der Waals surface area (Å²) in [7, 11) is -2.00. The number of amides is 2. The average molecular weight is 1030 g/mol. The van der Waals surface area contributed by atoms with E-state index in [4.69, 9.17) is 14.6 Å². The minimum absolute atomic E-state index is 0.0105. The number of thiazole rings is 1. The van der Waals surface area contributed by atoms with Crippen LogP contribution in [0.25, 0.3) is 0 Å². The van der Waals surface area contributed by atoms with E-state index in [2.05, 4.69) is 31.7 Å². The van der Waals surface area contributed by atoms with E-state index in [0.717, 1.165) is 32.7 Å². The second-order valence-corrected chi connectivity index (χ2v) is 21.0. The van der Waals surface area contributed by atoms with E-state index in [0.29, 0.717) is 5.13 Å². The predicted molar refractivity (Wildman–Crippen MR) is 270 cm³/mol. The highest BCUT2D eigenvalue weighted by Gasteiger charge is 2.61. The highest BCUT2D eigenvalue weighted by atomic mass is 79.9. The summed E-state index contributed by atoms with van der Waals surface area (Å²) in [5.74, 6) is -4.46. The van der Waals surface area contributed by atoms with Gasteiger partial charge in [-0.15, -0.1) is 11.3 Å². The summed E-state index contributed by atoms with van der Waals surface area (Å²) >= 11 is 4.66. The number of carbonyl (C=O) groups is 4. The second kappa shape index (κ2) is 20.1. The van der Waals surface area contributed by atoms with Crippen LogP contribution in [-0.2, 0) is 45.1 Å². The number of aromatic nitrogens is 1. The van der Waals surface area contributed by atoms with Crippen LogP contribution in [0.4, 0.5) is 5.13 Å². The molecule has 1 fully saturated rings. The summed E-state index contributed by atoms with van der Waals surface area (Å²) in [4.78, 5) is 67.4. The lowest BCUT2D eigenvalue weighted by Gasteiger charge is -2.52. The van der Waals surface area contributed by atoms with E-state index < -0.39 is 79.6 Å². The van der Waals surface area contributed by atoms with E-state index in [1.807, 2.05) is 152 Å². The molecule has 5 aromatic carbocycles. The Labute approximate surface area is 415 Å². The molecule has 2 aliphatic rings. The number of ether oxygens (including phenoxy) is 1. The maximum Gasteiger partial charge on any atom is 0.353 e. The first-order valence-electron chi connectivity index (χ1n) is 22.1. The highest BCUT2D eigenvalue weighted by Crippen LogP contribution is 2.46. The Morgan fingerprint density at radius 1 is 0.797 bits per heavy atom. The zero-order chi connectivity index (χ0) is 49.1. The van der Waals surface area contributed by atoms with Crippen molar-refractivity contribution in [3.05, 3.63) is 202 Å². The highest BCUT2D eigenvalue weighted by molar-refractivity contribution is 9.09. The summed E-state index contributed by atoms with van der Waals surface area (Å²) in [6.07, 6.45) is 0. The van der Waals surface area contributed by atoms with Crippen molar-refractivity contribution in [3.8, 4) is 0 Å². The van der Waals surface area contributed by atoms with Crippen LogP contribution in [0.15, 0.2) is 173 Å². The largest absolute Gasteiger partial charge is 0.477 e. The van der Waals surface area contributed by atoms with Gasteiger partial charge in [0.05, 0.1) is 16.0 Å². The number of carboxylic acid groups (broad SMARTS) is 1. The van der Waals surface area contributed by atoms with Crippen molar-refractivity contribution in [1.29, 1.82) is 0 Å². The van der Waals surface area contributed by atoms with Gasteiger partial charge in [-0.1, -0.05) is 173 Å². The first-order chi connectivity index (χ1) is 33.1. The van der Waals surface area contributed by atoms with E-state index in [1.165, 1.54) is 25.2 Å². The van der Waals surface area contributed by atoms with Gasteiger partial charge in [0.1, 0.15) is 33.9 Å². The molecular formula is C53H50BrN5O8S2. The third-order valence-electron chi connectivity index (χ3n) is 11.8. The van der Waals surface area contributed by atoms with Crippen LogP contribution in [0.5, 0.6) is 0 Å². The van der Waals surface area contributed by atoms with Crippen molar-refractivity contribution in [1.82, 2.24) is 15.2 Å². The minimum Gasteiger partial charge on any atom is -0.477 e. The number of β-lactam (4-membered cyclic amide) rings is 1. The van der Waals surface area contributed by atoms with Gasteiger partial charge in [-0.2, -0.15) is 0 Å². The third kappa shape index (κ3) is 9.78. The molecule has 3 heterocycles. The molecule has 16 heteroatoms. The maximum absolute atomic E-state index is 15.2. The quantitative estimate of drug-likeness (QED) is 0.0212. The first kappa shape index (κ1) is 48.7.